The van der Waals surface area contributed by atoms with Gasteiger partial charge in [-0.25, -0.2) is 0 Å². The highest BCUT2D eigenvalue weighted by molar-refractivity contribution is 7.16. The Morgan fingerprint density at radius 2 is 0.930 bits per heavy atom. The van der Waals surface area contributed by atoms with Crippen molar-refractivity contribution in [3.05, 3.63) is 92.7 Å². The van der Waals surface area contributed by atoms with Gasteiger partial charge in [-0.3, -0.25) is 0 Å². The molecule has 0 unspecified atom stereocenters. The molecule has 0 fully saturated rings. The molecule has 7 heteroatoms. The molecular formula is C36H28N4SSi2. The molecule has 0 bridgehead atoms. The second-order valence-corrected chi connectivity index (χ2v) is 24.2. The lowest BCUT2D eigenvalue weighted by molar-refractivity contribution is 1.46. The Bertz CT molecular complexity index is 2090. The molecule has 206 valence electrons. The Morgan fingerprint density at radius 1 is 0.512 bits per heavy atom. The number of allylic oxidation sites excluding steroid dienone is 2. The van der Waals surface area contributed by atoms with E-state index in [0.29, 0.717) is 11.1 Å². The van der Waals surface area contributed by atoms with Crippen molar-refractivity contribution >= 4 is 49.0 Å². The molecule has 4 aromatic rings. The molecular weight excluding hydrogens is 577 g/mol. The molecule has 0 saturated heterocycles. The molecule has 0 aliphatic heterocycles. The molecule has 3 aromatic carbocycles. The zero-order valence-corrected chi connectivity index (χ0v) is 27.8. The van der Waals surface area contributed by atoms with E-state index in [4.69, 9.17) is 0 Å². The van der Waals surface area contributed by atoms with Crippen molar-refractivity contribution in [2.75, 3.05) is 0 Å². The van der Waals surface area contributed by atoms with Gasteiger partial charge in [0.05, 0.1) is 16.1 Å². The van der Waals surface area contributed by atoms with Crippen molar-refractivity contribution in [1.82, 2.24) is 0 Å². The van der Waals surface area contributed by atoms with Gasteiger partial charge in [-0.05, 0) is 39.4 Å². The van der Waals surface area contributed by atoms with Crippen LogP contribution in [0.4, 0.5) is 0 Å². The maximum atomic E-state index is 10.0. The van der Waals surface area contributed by atoms with Crippen LogP contribution in [0, 0.1) is 45.3 Å². The Balaban J connectivity index is 1.64. The van der Waals surface area contributed by atoms with Crippen LogP contribution in [-0.4, -0.2) is 16.1 Å². The van der Waals surface area contributed by atoms with Gasteiger partial charge < -0.3 is 0 Å². The normalized spacial score (nSPS) is 12.7. The summed E-state index contributed by atoms with van der Waals surface area (Å²) < 4.78 is 0. The third kappa shape index (κ3) is 4.34. The Kier molecular flexibility index (Phi) is 6.54. The van der Waals surface area contributed by atoms with Gasteiger partial charge in [-0.2, -0.15) is 21.0 Å². The monoisotopic (exact) mass is 604 g/mol. The first-order chi connectivity index (χ1) is 20.4. The molecule has 0 spiro atoms. The summed E-state index contributed by atoms with van der Waals surface area (Å²) in [6.07, 6.45) is 0. The molecule has 43 heavy (non-hydrogen) atoms. The lowest BCUT2D eigenvalue weighted by atomic mass is 9.95. The maximum Gasteiger partial charge on any atom is 0.138 e. The first kappa shape index (κ1) is 28.4. The summed E-state index contributed by atoms with van der Waals surface area (Å²) >= 11 is 1.47. The maximum absolute atomic E-state index is 10.0. The van der Waals surface area contributed by atoms with Gasteiger partial charge in [0.1, 0.15) is 35.4 Å². The number of hydrogen-bond donors (Lipinski definition) is 0. The second kappa shape index (κ2) is 9.91. The first-order valence-corrected chi connectivity index (χ1v) is 21.9. The van der Waals surface area contributed by atoms with Crippen molar-refractivity contribution in [2.45, 2.75) is 39.3 Å². The van der Waals surface area contributed by atoms with Crippen molar-refractivity contribution in [3.8, 4) is 57.7 Å². The SMILES string of the molecule is C[Si](C)(C)c1ccc(-c2ccc3c(c2)C(=C(C#N)C#N)c2sc4c(c2-3)-c2ccc([Si](C)(C)C)cc2C4=C(C#N)C#N)cc1. The number of nitrogens with zero attached hydrogens (tertiary/aromatic N) is 4. The summed E-state index contributed by atoms with van der Waals surface area (Å²) in [5.41, 5.74) is 9.23. The molecule has 0 atom stereocenters. The van der Waals surface area contributed by atoms with E-state index in [2.05, 4.69) is 124 Å². The highest BCUT2D eigenvalue weighted by Gasteiger charge is 2.40. The molecule has 2 aliphatic carbocycles. The molecule has 0 N–H and O–H groups in total. The van der Waals surface area contributed by atoms with Crippen LogP contribution in [0.25, 0.3) is 44.5 Å². The number of benzene rings is 3. The van der Waals surface area contributed by atoms with E-state index in [0.717, 1.165) is 54.3 Å². The van der Waals surface area contributed by atoms with Crippen molar-refractivity contribution in [1.29, 1.82) is 21.0 Å². The third-order valence-electron chi connectivity index (χ3n) is 8.38. The van der Waals surface area contributed by atoms with Crippen molar-refractivity contribution in [2.24, 2.45) is 0 Å². The third-order valence-corrected chi connectivity index (χ3v) is 13.7. The molecule has 0 saturated carbocycles. The average Bonchev–Trinajstić information content (AvgIpc) is 3.60. The van der Waals surface area contributed by atoms with Gasteiger partial charge in [-0.15, -0.1) is 11.3 Å². The highest BCUT2D eigenvalue weighted by Crippen LogP contribution is 2.61. The van der Waals surface area contributed by atoms with E-state index in [1.165, 1.54) is 21.7 Å². The number of fused-ring (bicyclic) bond motifs is 7. The fraction of sp³-hybridized carbons (Fsp3) is 0.167. The van der Waals surface area contributed by atoms with E-state index in [9.17, 15) is 21.0 Å². The summed E-state index contributed by atoms with van der Waals surface area (Å²) in [6, 6.07) is 30.1. The molecule has 6 rings (SSSR count). The van der Waals surface area contributed by atoms with Gasteiger partial charge >= 0.3 is 0 Å². The standard InChI is InChI=1S/C36H28N4SSi2/c1-42(2,3)25-10-7-21(8-11-25)22-9-13-27-29(15-22)31(23(17-37)18-38)35-33(27)34-28-14-12-26(43(4,5)6)16-30(28)32(36(34)41-35)24(19-39)20-40/h7-16H,1-6H3. The summed E-state index contributed by atoms with van der Waals surface area (Å²) in [4.78, 5) is 1.70. The van der Waals surface area contributed by atoms with Gasteiger partial charge in [0.2, 0.25) is 0 Å². The smallest absolute Gasteiger partial charge is 0.138 e. The first-order valence-electron chi connectivity index (χ1n) is 14.1. The molecule has 4 nitrogen and oxygen atoms in total. The van der Waals surface area contributed by atoms with Crippen LogP contribution in [0.2, 0.25) is 39.3 Å². The molecule has 1 aromatic heterocycles. The Hall–Kier alpha value is -4.77. The van der Waals surface area contributed by atoms with E-state index in [-0.39, 0.29) is 11.1 Å². The lowest BCUT2D eigenvalue weighted by Crippen LogP contribution is -2.37. The fourth-order valence-electron chi connectivity index (χ4n) is 6.06. The topological polar surface area (TPSA) is 95.2 Å². The van der Waals surface area contributed by atoms with Crippen molar-refractivity contribution < 1.29 is 0 Å². The molecule has 0 radical (unpaired) electrons. The van der Waals surface area contributed by atoms with Crippen LogP contribution in [0.15, 0.2) is 71.8 Å². The summed E-state index contributed by atoms with van der Waals surface area (Å²) in [5.74, 6) is 0. The van der Waals surface area contributed by atoms with Gasteiger partial charge in [0.25, 0.3) is 0 Å². The van der Waals surface area contributed by atoms with Gasteiger partial charge in [0.15, 0.2) is 0 Å². The largest absolute Gasteiger partial charge is 0.192 e. The number of nitriles is 4. The fourth-order valence-corrected chi connectivity index (χ4v) is 9.85. The van der Waals surface area contributed by atoms with Gasteiger partial charge in [-0.1, -0.05) is 104 Å². The molecule has 1 heterocycles. The van der Waals surface area contributed by atoms with Crippen LogP contribution in [-0.2, 0) is 0 Å². The average molecular weight is 605 g/mol. The van der Waals surface area contributed by atoms with Gasteiger partial charge in [0, 0.05) is 32.0 Å². The van der Waals surface area contributed by atoms with E-state index >= 15 is 0 Å². The quantitative estimate of drug-likeness (QED) is 0.150. The highest BCUT2D eigenvalue weighted by atomic mass is 32.1. The Morgan fingerprint density at radius 3 is 1.40 bits per heavy atom. The predicted molar refractivity (Wildman–Crippen MR) is 181 cm³/mol. The van der Waals surface area contributed by atoms with Crippen molar-refractivity contribution in [3.63, 3.8) is 0 Å². The van der Waals surface area contributed by atoms with Crippen LogP contribution < -0.4 is 10.4 Å². The number of thiophene rings is 1. The summed E-state index contributed by atoms with van der Waals surface area (Å²) in [6.45, 7) is 13.8. The lowest BCUT2D eigenvalue weighted by Gasteiger charge is -2.18. The summed E-state index contributed by atoms with van der Waals surface area (Å²) in [5, 5.41) is 42.7. The zero-order valence-electron chi connectivity index (χ0n) is 25.0. The Labute approximate surface area is 258 Å². The predicted octanol–water partition coefficient (Wildman–Crippen LogP) is 8.16. The number of rotatable bonds is 3. The van der Waals surface area contributed by atoms with Crippen LogP contribution in [0.5, 0.6) is 0 Å². The molecule has 2 aliphatic rings. The van der Waals surface area contributed by atoms with Crippen LogP contribution >= 0.6 is 11.3 Å². The van der Waals surface area contributed by atoms with E-state index in [1.807, 2.05) is 0 Å². The number of hydrogen-bond acceptors (Lipinski definition) is 5. The van der Waals surface area contributed by atoms with Crippen LogP contribution in [0.3, 0.4) is 0 Å². The summed E-state index contributed by atoms with van der Waals surface area (Å²) in [7, 11) is -3.11. The minimum Gasteiger partial charge on any atom is -0.192 e. The minimum atomic E-state index is -1.67. The second-order valence-electron chi connectivity index (χ2n) is 13.1. The van der Waals surface area contributed by atoms with E-state index < -0.39 is 16.1 Å². The molecule has 0 amide bonds. The zero-order chi connectivity index (χ0) is 30.8. The van der Waals surface area contributed by atoms with Crippen LogP contribution in [0.1, 0.15) is 20.9 Å². The minimum absolute atomic E-state index is 0.0618. The van der Waals surface area contributed by atoms with E-state index in [1.54, 1.807) is 0 Å².